The van der Waals surface area contributed by atoms with Gasteiger partial charge in [0.2, 0.25) is 25.1 Å². The van der Waals surface area contributed by atoms with Crippen LogP contribution in [0, 0.1) is 5.92 Å². The molecule has 0 bridgehead atoms. The van der Waals surface area contributed by atoms with E-state index in [1.54, 1.807) is 34.1 Å². The summed E-state index contributed by atoms with van der Waals surface area (Å²) in [6.07, 6.45) is 1.57. The van der Waals surface area contributed by atoms with Crippen LogP contribution in [-0.2, 0) is 16.0 Å². The zero-order chi connectivity index (χ0) is 24.9. The molecular weight excluding hydrogens is 452 g/mol. The van der Waals surface area contributed by atoms with E-state index in [2.05, 4.69) is 13.5 Å². The molecule has 0 amide bonds. The van der Waals surface area contributed by atoms with Gasteiger partial charge in [0.25, 0.3) is 0 Å². The van der Waals surface area contributed by atoms with Crippen LogP contribution in [0.15, 0.2) is 35.9 Å². The third-order valence-corrected chi connectivity index (χ3v) is 6.77. The van der Waals surface area contributed by atoms with Gasteiger partial charge in [0.05, 0.1) is 14.2 Å². The van der Waals surface area contributed by atoms with Gasteiger partial charge in [-0.15, -0.1) is 0 Å². The zero-order valence-electron chi connectivity index (χ0n) is 20.5. The summed E-state index contributed by atoms with van der Waals surface area (Å²) in [6, 6.07) is 3.80. The second-order valence-corrected chi connectivity index (χ2v) is 8.72. The molecule has 2 aromatic rings. The molecule has 2 atom stereocenters. The van der Waals surface area contributed by atoms with Crippen LogP contribution < -0.4 is 28.4 Å². The largest absolute Gasteiger partial charge is 0.492 e. The number of fused-ring (bicyclic) bond motifs is 5. The number of methoxy groups -OCH3 is 2. The van der Waals surface area contributed by atoms with Crippen molar-refractivity contribution in [2.75, 3.05) is 27.8 Å². The zero-order valence-corrected chi connectivity index (χ0v) is 20.5. The summed E-state index contributed by atoms with van der Waals surface area (Å²) in [5.41, 5.74) is 4.33. The van der Waals surface area contributed by atoms with Crippen molar-refractivity contribution in [1.82, 2.24) is 0 Å². The Hall–Kier alpha value is -3.81. The molecule has 3 aliphatic rings. The fraction of sp³-hybridized carbons (Fsp3) is 0.370. The van der Waals surface area contributed by atoms with Crippen molar-refractivity contribution in [3.63, 3.8) is 0 Å². The lowest BCUT2D eigenvalue weighted by atomic mass is 9.78. The first kappa shape index (κ1) is 23.0. The molecule has 5 rings (SSSR count). The molecule has 184 valence electrons. The van der Waals surface area contributed by atoms with E-state index in [4.69, 9.17) is 33.2 Å². The molecule has 8 heteroatoms. The maximum absolute atomic E-state index is 12.9. The van der Waals surface area contributed by atoms with E-state index in [0.717, 1.165) is 16.7 Å². The minimum atomic E-state index is -0.755. The Balaban J connectivity index is 1.86. The Morgan fingerprint density at radius 2 is 1.60 bits per heavy atom. The van der Waals surface area contributed by atoms with E-state index in [9.17, 15) is 4.79 Å². The Labute approximate surface area is 204 Å². The molecule has 0 spiro atoms. The third-order valence-electron chi connectivity index (χ3n) is 6.77. The number of hydrogen-bond donors (Lipinski definition) is 0. The van der Waals surface area contributed by atoms with Crippen LogP contribution in [-0.4, -0.2) is 33.8 Å². The van der Waals surface area contributed by atoms with Crippen molar-refractivity contribution in [2.24, 2.45) is 5.92 Å². The SMILES string of the molecule is C=C1[C@H](C)Cc2cc3c(c(OC)c2-c2c(cc4c(c2OC)OCO4)[C@@H]1OC(=O)/C(C)=C\C)OCO3. The number of carbonyl (C=O) groups is 1. The average Bonchev–Trinajstić information content (AvgIpc) is 3.53. The predicted molar refractivity (Wildman–Crippen MR) is 128 cm³/mol. The van der Waals surface area contributed by atoms with Crippen molar-refractivity contribution in [1.29, 1.82) is 0 Å². The lowest BCUT2D eigenvalue weighted by molar-refractivity contribution is -0.143. The van der Waals surface area contributed by atoms with Gasteiger partial charge in [-0.2, -0.15) is 0 Å². The third kappa shape index (κ3) is 3.55. The highest BCUT2D eigenvalue weighted by molar-refractivity contribution is 5.91. The molecule has 0 aromatic heterocycles. The molecule has 35 heavy (non-hydrogen) atoms. The molecule has 0 N–H and O–H groups in total. The van der Waals surface area contributed by atoms with Crippen LogP contribution >= 0.6 is 0 Å². The fourth-order valence-electron chi connectivity index (χ4n) is 4.76. The van der Waals surface area contributed by atoms with Gasteiger partial charge in [-0.05, 0) is 49.5 Å². The number of esters is 1. The van der Waals surface area contributed by atoms with Gasteiger partial charge in [-0.25, -0.2) is 4.79 Å². The van der Waals surface area contributed by atoms with Crippen LogP contribution in [0.2, 0.25) is 0 Å². The molecule has 0 unspecified atom stereocenters. The molecule has 2 heterocycles. The molecule has 0 fully saturated rings. The van der Waals surface area contributed by atoms with E-state index < -0.39 is 12.1 Å². The molecule has 1 aliphatic carbocycles. The summed E-state index contributed by atoms with van der Waals surface area (Å²) in [7, 11) is 3.16. The van der Waals surface area contributed by atoms with Crippen LogP contribution in [0.25, 0.3) is 11.1 Å². The molecule has 0 saturated carbocycles. The van der Waals surface area contributed by atoms with Crippen molar-refractivity contribution < 1.29 is 38.0 Å². The van der Waals surface area contributed by atoms with E-state index >= 15 is 0 Å². The van der Waals surface area contributed by atoms with Gasteiger partial charge in [0, 0.05) is 22.3 Å². The quantitative estimate of drug-likeness (QED) is 0.339. The van der Waals surface area contributed by atoms with Gasteiger partial charge >= 0.3 is 5.97 Å². The fourth-order valence-corrected chi connectivity index (χ4v) is 4.76. The first-order valence-corrected chi connectivity index (χ1v) is 11.4. The summed E-state index contributed by atoms with van der Waals surface area (Å²) < 4.78 is 40.8. The predicted octanol–water partition coefficient (Wildman–Crippen LogP) is 5.13. The average molecular weight is 481 g/mol. The maximum Gasteiger partial charge on any atom is 0.334 e. The number of rotatable bonds is 4. The highest BCUT2D eigenvalue weighted by Gasteiger charge is 2.39. The minimum Gasteiger partial charge on any atom is -0.492 e. The Morgan fingerprint density at radius 1 is 1.00 bits per heavy atom. The molecular formula is C27H28O8. The number of hydrogen-bond acceptors (Lipinski definition) is 8. The molecule has 0 saturated heterocycles. The minimum absolute atomic E-state index is 0.0351. The Kier molecular flexibility index (Phi) is 5.75. The molecule has 2 aliphatic heterocycles. The Bertz CT molecular complexity index is 1260. The molecule has 0 radical (unpaired) electrons. The van der Waals surface area contributed by atoms with Crippen LogP contribution in [0.4, 0.5) is 0 Å². The van der Waals surface area contributed by atoms with E-state index in [1.165, 1.54) is 0 Å². The number of benzene rings is 2. The monoisotopic (exact) mass is 480 g/mol. The molecule has 2 aromatic carbocycles. The second kappa shape index (κ2) is 8.76. The van der Waals surface area contributed by atoms with Crippen LogP contribution in [0.3, 0.4) is 0 Å². The summed E-state index contributed by atoms with van der Waals surface area (Å²) in [5, 5.41) is 0. The van der Waals surface area contributed by atoms with Gasteiger partial charge in [-0.1, -0.05) is 19.6 Å². The van der Waals surface area contributed by atoms with E-state index in [-0.39, 0.29) is 19.5 Å². The standard InChI is InChI=1S/C27H28O8/c1-7-13(2)27(28)35-22-15(4)14(3)8-16-9-18-23(33-11-31-18)25(29-5)20(16)21-17(22)10-19-24(26(21)30-6)34-12-32-19/h7,9-10,14,22H,4,8,11-12H2,1-3,5-6H3/b13-7-/t14-,22-/m1/s1. The number of carbonyl (C=O) groups excluding carboxylic acids is 1. The summed E-state index contributed by atoms with van der Waals surface area (Å²) in [5.74, 6) is 2.63. The van der Waals surface area contributed by atoms with Crippen molar-refractivity contribution in [3.05, 3.63) is 47.1 Å². The highest BCUT2D eigenvalue weighted by Crippen LogP contribution is 2.59. The van der Waals surface area contributed by atoms with Gasteiger partial charge in [-0.3, -0.25) is 0 Å². The number of ether oxygens (including phenoxy) is 7. The first-order valence-electron chi connectivity index (χ1n) is 11.4. The van der Waals surface area contributed by atoms with Gasteiger partial charge < -0.3 is 33.2 Å². The first-order chi connectivity index (χ1) is 16.9. The Morgan fingerprint density at radius 3 is 2.20 bits per heavy atom. The smallest absolute Gasteiger partial charge is 0.334 e. The van der Waals surface area contributed by atoms with E-state index in [1.807, 2.05) is 12.1 Å². The summed E-state index contributed by atoms with van der Waals surface area (Å²) >= 11 is 0. The second-order valence-electron chi connectivity index (χ2n) is 8.72. The topological polar surface area (TPSA) is 81.7 Å². The lowest BCUT2D eigenvalue weighted by Gasteiger charge is -2.32. The summed E-state index contributed by atoms with van der Waals surface area (Å²) in [4.78, 5) is 12.9. The van der Waals surface area contributed by atoms with Crippen LogP contribution in [0.5, 0.6) is 34.5 Å². The number of allylic oxidation sites excluding steroid dienone is 1. The van der Waals surface area contributed by atoms with Gasteiger partial charge in [0.1, 0.15) is 6.10 Å². The maximum atomic E-state index is 12.9. The van der Waals surface area contributed by atoms with Gasteiger partial charge in [0.15, 0.2) is 23.0 Å². The lowest BCUT2D eigenvalue weighted by Crippen LogP contribution is -2.21. The van der Waals surface area contributed by atoms with Crippen LogP contribution in [0.1, 0.15) is 38.0 Å². The van der Waals surface area contributed by atoms with Crippen molar-refractivity contribution >= 4 is 5.97 Å². The highest BCUT2D eigenvalue weighted by atomic mass is 16.7. The molecule has 8 nitrogen and oxygen atoms in total. The van der Waals surface area contributed by atoms with E-state index in [0.29, 0.717) is 57.6 Å². The summed E-state index contributed by atoms with van der Waals surface area (Å²) in [6.45, 7) is 10.1. The van der Waals surface area contributed by atoms with Crippen molar-refractivity contribution in [2.45, 2.75) is 33.3 Å². The van der Waals surface area contributed by atoms with Crippen molar-refractivity contribution in [3.8, 4) is 45.6 Å². The normalized spacial score (nSPS) is 19.9.